The monoisotopic (exact) mass is 282 g/mol. The molecule has 0 aromatic heterocycles. The quantitative estimate of drug-likeness (QED) is 0.434. The number of halogens is 1. The average Bonchev–Trinajstić information content (AvgIpc) is 2.05. The van der Waals surface area contributed by atoms with Gasteiger partial charge in [-0.1, -0.05) is 13.8 Å². The SMILES string of the molecule is CC(C)CCSc1[c-]cccc1.[Br-].[Mg+2]. The van der Waals surface area contributed by atoms with E-state index in [1.54, 1.807) is 0 Å². The largest absolute Gasteiger partial charge is 2.00 e. The maximum Gasteiger partial charge on any atom is 2.00 e. The summed E-state index contributed by atoms with van der Waals surface area (Å²) in [6, 6.07) is 11.4. The molecule has 0 aliphatic carbocycles. The molecule has 14 heavy (non-hydrogen) atoms. The Morgan fingerprint density at radius 3 is 2.57 bits per heavy atom. The molecule has 1 aromatic rings. The van der Waals surface area contributed by atoms with Crippen LogP contribution in [0.5, 0.6) is 0 Å². The number of rotatable bonds is 4. The van der Waals surface area contributed by atoms with E-state index in [2.05, 4.69) is 32.0 Å². The van der Waals surface area contributed by atoms with Crippen molar-refractivity contribution in [1.82, 2.24) is 0 Å². The molecule has 3 heteroatoms. The molecule has 0 amide bonds. The zero-order chi connectivity index (χ0) is 8.81. The summed E-state index contributed by atoms with van der Waals surface area (Å²) in [4.78, 5) is 1.26. The van der Waals surface area contributed by atoms with Crippen LogP contribution in [0, 0.1) is 12.0 Å². The van der Waals surface area contributed by atoms with Gasteiger partial charge in [0.1, 0.15) is 0 Å². The van der Waals surface area contributed by atoms with Crippen LogP contribution in [-0.2, 0) is 0 Å². The van der Waals surface area contributed by atoms with Crippen LogP contribution in [0.2, 0.25) is 0 Å². The minimum absolute atomic E-state index is 0. The van der Waals surface area contributed by atoms with Gasteiger partial charge in [-0.2, -0.15) is 42.1 Å². The fraction of sp³-hybridized carbons (Fsp3) is 0.455. The average molecular weight is 284 g/mol. The summed E-state index contributed by atoms with van der Waals surface area (Å²) < 4.78 is 0. The van der Waals surface area contributed by atoms with Gasteiger partial charge in [0, 0.05) is 0 Å². The van der Waals surface area contributed by atoms with E-state index in [9.17, 15) is 0 Å². The van der Waals surface area contributed by atoms with Crippen LogP contribution in [0.1, 0.15) is 20.3 Å². The summed E-state index contributed by atoms with van der Waals surface area (Å²) in [5, 5.41) is 0. The molecule has 0 bridgehead atoms. The van der Waals surface area contributed by atoms with E-state index < -0.39 is 0 Å². The van der Waals surface area contributed by atoms with Crippen molar-refractivity contribution in [3.05, 3.63) is 30.3 Å². The second-order valence-electron chi connectivity index (χ2n) is 3.26. The first-order valence-corrected chi connectivity index (χ1v) is 5.37. The first-order chi connectivity index (χ1) is 5.79. The molecule has 0 N–H and O–H groups in total. The number of benzene rings is 1. The molecule has 0 saturated carbocycles. The van der Waals surface area contributed by atoms with E-state index in [0.29, 0.717) is 0 Å². The Hall–Kier alpha value is 0.816. The van der Waals surface area contributed by atoms with Crippen LogP contribution in [-0.4, -0.2) is 28.8 Å². The summed E-state index contributed by atoms with van der Waals surface area (Å²) in [6.07, 6.45) is 1.29. The van der Waals surface area contributed by atoms with Crippen molar-refractivity contribution >= 4 is 34.8 Å². The molecule has 1 aromatic carbocycles. The fourth-order valence-corrected chi connectivity index (χ4v) is 2.01. The fourth-order valence-electron chi connectivity index (χ4n) is 0.871. The molecule has 0 aliphatic heterocycles. The number of thioether (sulfide) groups is 1. The van der Waals surface area contributed by atoms with Gasteiger partial charge in [-0.15, -0.1) is 4.90 Å². The van der Waals surface area contributed by atoms with Crippen LogP contribution < -0.4 is 17.0 Å². The molecule has 0 spiro atoms. The first-order valence-electron chi connectivity index (χ1n) is 4.38. The van der Waals surface area contributed by atoms with Gasteiger partial charge in [0.2, 0.25) is 0 Å². The Kier molecular flexibility index (Phi) is 12.7. The number of hydrogen-bond donors (Lipinski definition) is 0. The maximum absolute atomic E-state index is 3.21. The van der Waals surface area contributed by atoms with E-state index in [4.69, 9.17) is 0 Å². The van der Waals surface area contributed by atoms with Crippen molar-refractivity contribution in [2.45, 2.75) is 25.2 Å². The van der Waals surface area contributed by atoms with Crippen molar-refractivity contribution in [1.29, 1.82) is 0 Å². The maximum atomic E-state index is 3.21. The van der Waals surface area contributed by atoms with E-state index in [1.165, 1.54) is 17.1 Å². The molecule has 0 radical (unpaired) electrons. The minimum atomic E-state index is 0. The van der Waals surface area contributed by atoms with Crippen LogP contribution in [0.15, 0.2) is 29.2 Å². The summed E-state index contributed by atoms with van der Waals surface area (Å²) >= 11 is 1.89. The van der Waals surface area contributed by atoms with Crippen LogP contribution >= 0.6 is 11.8 Å². The molecule has 74 valence electrons. The predicted octanol–water partition coefficient (Wildman–Crippen LogP) is 0.248. The second kappa shape index (κ2) is 10.3. The van der Waals surface area contributed by atoms with Crippen molar-refractivity contribution in [2.75, 3.05) is 5.75 Å². The van der Waals surface area contributed by atoms with E-state index in [0.717, 1.165) is 5.92 Å². The Balaban J connectivity index is 0. The Morgan fingerprint density at radius 2 is 2.07 bits per heavy atom. The van der Waals surface area contributed by atoms with Gasteiger partial charge in [-0.25, -0.2) is 0 Å². The molecule has 0 fully saturated rings. The molecule has 0 saturated heterocycles. The van der Waals surface area contributed by atoms with Crippen molar-refractivity contribution < 1.29 is 17.0 Å². The minimum Gasteiger partial charge on any atom is -1.00 e. The Bertz CT molecular complexity index is 214. The van der Waals surface area contributed by atoms with Gasteiger partial charge < -0.3 is 17.0 Å². The van der Waals surface area contributed by atoms with Gasteiger partial charge >= 0.3 is 23.1 Å². The van der Waals surface area contributed by atoms with Gasteiger partial charge in [0.05, 0.1) is 0 Å². The van der Waals surface area contributed by atoms with E-state index in [1.807, 2.05) is 23.9 Å². The zero-order valence-electron chi connectivity index (χ0n) is 8.79. The molecule has 0 nitrogen and oxygen atoms in total. The molecule has 0 atom stereocenters. The molecular formula is C11H15BrMgS. The summed E-state index contributed by atoms with van der Waals surface area (Å²) in [6.45, 7) is 4.52. The van der Waals surface area contributed by atoms with Crippen molar-refractivity contribution in [3.63, 3.8) is 0 Å². The Morgan fingerprint density at radius 1 is 1.36 bits per heavy atom. The molecule has 1 rings (SSSR count). The third kappa shape index (κ3) is 8.15. The van der Waals surface area contributed by atoms with Crippen molar-refractivity contribution in [3.8, 4) is 0 Å². The smallest absolute Gasteiger partial charge is 1.00 e. The molecule has 0 unspecified atom stereocenters. The zero-order valence-corrected chi connectivity index (χ0v) is 12.6. The Labute approximate surface area is 118 Å². The van der Waals surface area contributed by atoms with Crippen LogP contribution in [0.4, 0.5) is 0 Å². The standard InChI is InChI=1S/C11H15S.BrH.Mg/c1-10(2)8-9-12-11-6-4-3-5-7-11;;/h3-6,10H,8-9H2,1-2H3;1H;/q-1;;+2/p-1. The normalized spacial score (nSPS) is 9.07. The van der Waals surface area contributed by atoms with Gasteiger partial charge in [0.15, 0.2) is 0 Å². The van der Waals surface area contributed by atoms with E-state index >= 15 is 0 Å². The van der Waals surface area contributed by atoms with Crippen LogP contribution in [0.25, 0.3) is 0 Å². The summed E-state index contributed by atoms with van der Waals surface area (Å²) in [5.74, 6) is 2.01. The van der Waals surface area contributed by atoms with E-state index in [-0.39, 0.29) is 40.0 Å². The summed E-state index contributed by atoms with van der Waals surface area (Å²) in [5.41, 5.74) is 0. The third-order valence-electron chi connectivity index (χ3n) is 1.63. The number of hydrogen-bond acceptors (Lipinski definition) is 1. The van der Waals surface area contributed by atoms with Gasteiger partial charge in [-0.05, 0) is 18.1 Å². The predicted molar refractivity (Wildman–Crippen MR) is 61.2 cm³/mol. The second-order valence-corrected chi connectivity index (χ2v) is 4.39. The topological polar surface area (TPSA) is 0 Å². The van der Waals surface area contributed by atoms with Crippen LogP contribution in [0.3, 0.4) is 0 Å². The van der Waals surface area contributed by atoms with Crippen molar-refractivity contribution in [2.24, 2.45) is 5.92 Å². The summed E-state index contributed by atoms with van der Waals surface area (Å²) in [7, 11) is 0. The van der Waals surface area contributed by atoms with Gasteiger partial charge in [0.25, 0.3) is 0 Å². The molecule has 0 heterocycles. The van der Waals surface area contributed by atoms with Gasteiger partial charge in [-0.3, -0.25) is 0 Å². The molecule has 0 aliphatic rings. The molecular weight excluding hydrogens is 268 g/mol. The first kappa shape index (κ1) is 17.2. The third-order valence-corrected chi connectivity index (χ3v) is 2.64.